The van der Waals surface area contributed by atoms with Crippen LogP contribution in [0.5, 0.6) is 0 Å². The summed E-state index contributed by atoms with van der Waals surface area (Å²) >= 11 is 1.17. The normalized spacial score (nSPS) is 20.1. The zero-order valence-electron chi connectivity index (χ0n) is 13.3. The first-order valence-corrected chi connectivity index (χ1v) is 9.83. The van der Waals surface area contributed by atoms with E-state index in [1.54, 1.807) is 12.1 Å². The number of sulfonamides is 1. The predicted octanol–water partition coefficient (Wildman–Crippen LogP) is 1.17. The zero-order valence-corrected chi connectivity index (χ0v) is 14.9. The maximum Gasteiger partial charge on any atom is 0.277 e. The van der Waals surface area contributed by atoms with Crippen molar-refractivity contribution in [3.05, 3.63) is 17.0 Å². The number of alkyl halides is 2. The van der Waals surface area contributed by atoms with Gasteiger partial charge in [0.15, 0.2) is 0 Å². The molecule has 10 heteroatoms. The Kier molecular flexibility index (Phi) is 5.95. The van der Waals surface area contributed by atoms with E-state index in [0.29, 0.717) is 19.4 Å². The number of hydrogen-bond donors (Lipinski definition) is 2. The monoisotopic (exact) mass is 381 g/mol. The highest BCUT2D eigenvalue weighted by atomic mass is 32.2. The summed E-state index contributed by atoms with van der Waals surface area (Å²) in [5, 5.41) is 2.17. The van der Waals surface area contributed by atoms with E-state index in [2.05, 4.69) is 5.32 Å². The summed E-state index contributed by atoms with van der Waals surface area (Å²) in [5.74, 6) is -4.36. The Hall–Kier alpha value is -1.10. The lowest BCUT2D eigenvalue weighted by Crippen LogP contribution is -2.48. The minimum absolute atomic E-state index is 0.000684. The fourth-order valence-corrected chi connectivity index (χ4v) is 5.45. The second kappa shape index (κ2) is 7.42. The molecule has 2 heterocycles. The Bertz CT molecular complexity index is 691. The molecular formula is C14H21F2N3O3S2. The number of nitrogens with one attached hydrogen (secondary N) is 1. The number of aryl methyl sites for hydroxylation is 1. The second-order valence-corrected chi connectivity index (χ2v) is 9.30. The van der Waals surface area contributed by atoms with Gasteiger partial charge in [-0.3, -0.25) is 4.79 Å². The van der Waals surface area contributed by atoms with Crippen LogP contribution in [0.4, 0.5) is 8.78 Å². The Balaban J connectivity index is 2.02. The number of carbonyl (C=O) groups is 1. The zero-order chi connectivity index (χ0) is 18.0. The number of carbonyl (C=O) groups excluding carboxylic acids is 1. The number of piperidine rings is 1. The summed E-state index contributed by atoms with van der Waals surface area (Å²) in [5.41, 5.74) is 4.93. The number of rotatable bonds is 6. The van der Waals surface area contributed by atoms with E-state index in [4.69, 9.17) is 5.73 Å². The fourth-order valence-electron chi connectivity index (χ4n) is 2.49. The van der Waals surface area contributed by atoms with Crippen LogP contribution in [0.25, 0.3) is 0 Å². The maximum absolute atomic E-state index is 13.1. The van der Waals surface area contributed by atoms with Gasteiger partial charge in [0.2, 0.25) is 5.91 Å². The highest BCUT2D eigenvalue weighted by Gasteiger charge is 2.35. The van der Waals surface area contributed by atoms with Crippen LogP contribution in [0.2, 0.25) is 0 Å². The molecule has 1 aliphatic heterocycles. The SMILES string of the molecule is Cc1ccc(S(=O)(=O)N2CCCC(C(=O)NCC(F)(F)CN)C2)s1. The third-order valence-electron chi connectivity index (χ3n) is 3.88. The van der Waals surface area contributed by atoms with Gasteiger partial charge in [0.05, 0.1) is 19.0 Å². The molecule has 1 amide bonds. The van der Waals surface area contributed by atoms with Crippen molar-refractivity contribution in [1.82, 2.24) is 9.62 Å². The predicted molar refractivity (Wildman–Crippen MR) is 87.5 cm³/mol. The summed E-state index contributed by atoms with van der Waals surface area (Å²) in [4.78, 5) is 12.9. The highest BCUT2D eigenvalue weighted by Crippen LogP contribution is 2.28. The average molecular weight is 381 g/mol. The third-order valence-corrected chi connectivity index (χ3v) is 7.22. The third kappa shape index (κ3) is 4.50. The molecule has 1 fully saturated rings. The van der Waals surface area contributed by atoms with Crippen molar-refractivity contribution in [2.45, 2.75) is 29.9 Å². The van der Waals surface area contributed by atoms with Crippen molar-refractivity contribution in [3.8, 4) is 0 Å². The number of amides is 1. The smallest absolute Gasteiger partial charge is 0.277 e. The lowest BCUT2D eigenvalue weighted by molar-refractivity contribution is -0.127. The van der Waals surface area contributed by atoms with Crippen LogP contribution < -0.4 is 11.1 Å². The first kappa shape index (κ1) is 19.2. The molecule has 1 atom stereocenters. The molecule has 0 radical (unpaired) electrons. The number of thiophene rings is 1. The molecule has 0 bridgehead atoms. The summed E-state index contributed by atoms with van der Waals surface area (Å²) in [7, 11) is -3.65. The van der Waals surface area contributed by atoms with E-state index in [1.165, 1.54) is 15.6 Å². The van der Waals surface area contributed by atoms with Crippen LogP contribution in [-0.4, -0.2) is 50.7 Å². The van der Waals surface area contributed by atoms with E-state index >= 15 is 0 Å². The molecule has 0 aromatic carbocycles. The summed E-state index contributed by atoms with van der Waals surface area (Å²) in [6.07, 6.45) is 0.977. The molecule has 1 aliphatic rings. The minimum Gasteiger partial charge on any atom is -0.350 e. The van der Waals surface area contributed by atoms with Crippen LogP contribution in [-0.2, 0) is 14.8 Å². The molecule has 1 aromatic heterocycles. The van der Waals surface area contributed by atoms with Crippen LogP contribution in [0.3, 0.4) is 0 Å². The van der Waals surface area contributed by atoms with Crippen molar-refractivity contribution in [1.29, 1.82) is 0 Å². The highest BCUT2D eigenvalue weighted by molar-refractivity contribution is 7.91. The molecular weight excluding hydrogens is 360 g/mol. The molecule has 136 valence electrons. The number of nitrogens with two attached hydrogens (primary N) is 1. The Morgan fingerprint density at radius 3 is 2.79 bits per heavy atom. The molecule has 3 N–H and O–H groups in total. The van der Waals surface area contributed by atoms with Gasteiger partial charge >= 0.3 is 0 Å². The van der Waals surface area contributed by atoms with Gasteiger partial charge in [0, 0.05) is 18.0 Å². The summed E-state index contributed by atoms with van der Waals surface area (Å²) < 4.78 is 52.9. The van der Waals surface area contributed by atoms with Crippen molar-refractivity contribution in [2.75, 3.05) is 26.2 Å². The molecule has 1 aromatic rings. The Morgan fingerprint density at radius 2 is 2.21 bits per heavy atom. The number of halogens is 2. The number of hydrogen-bond acceptors (Lipinski definition) is 5. The average Bonchev–Trinajstić information content (AvgIpc) is 3.00. The van der Waals surface area contributed by atoms with Gasteiger partial charge in [-0.1, -0.05) is 0 Å². The van der Waals surface area contributed by atoms with E-state index < -0.39 is 40.9 Å². The molecule has 1 saturated heterocycles. The molecule has 0 spiro atoms. The maximum atomic E-state index is 13.1. The van der Waals surface area contributed by atoms with Gasteiger partial charge in [0.1, 0.15) is 4.21 Å². The summed E-state index contributed by atoms with van der Waals surface area (Å²) in [6.45, 7) is 0.445. The quantitative estimate of drug-likeness (QED) is 0.774. The molecule has 24 heavy (non-hydrogen) atoms. The molecule has 0 aliphatic carbocycles. The van der Waals surface area contributed by atoms with Gasteiger partial charge in [-0.05, 0) is 31.9 Å². The van der Waals surface area contributed by atoms with Gasteiger partial charge in [-0.25, -0.2) is 17.2 Å². The molecule has 1 unspecified atom stereocenters. The van der Waals surface area contributed by atoms with E-state index in [1.807, 2.05) is 6.92 Å². The lowest BCUT2D eigenvalue weighted by Gasteiger charge is -2.31. The molecule has 6 nitrogen and oxygen atoms in total. The van der Waals surface area contributed by atoms with E-state index in [0.717, 1.165) is 4.88 Å². The Labute approximate surface area is 144 Å². The molecule has 0 saturated carbocycles. The van der Waals surface area contributed by atoms with E-state index in [-0.39, 0.29) is 10.8 Å². The van der Waals surface area contributed by atoms with Crippen LogP contribution in [0.1, 0.15) is 17.7 Å². The Morgan fingerprint density at radius 1 is 1.50 bits per heavy atom. The summed E-state index contributed by atoms with van der Waals surface area (Å²) in [6, 6.07) is 3.27. The first-order chi connectivity index (χ1) is 11.2. The second-order valence-electron chi connectivity index (χ2n) is 5.85. The minimum atomic E-state index is -3.65. The van der Waals surface area contributed by atoms with Gasteiger partial charge in [-0.15, -0.1) is 11.3 Å². The standard InChI is InChI=1S/C14H21F2N3O3S2/c1-10-4-5-12(23-10)24(21,22)19-6-2-3-11(7-19)13(20)18-9-14(15,16)8-17/h4-5,11H,2-3,6-9,17H2,1H3,(H,18,20). The van der Waals surface area contributed by atoms with Gasteiger partial charge in [0.25, 0.3) is 15.9 Å². The van der Waals surface area contributed by atoms with Crippen LogP contribution >= 0.6 is 11.3 Å². The fraction of sp³-hybridized carbons (Fsp3) is 0.643. The van der Waals surface area contributed by atoms with Crippen molar-refractivity contribution >= 4 is 27.3 Å². The van der Waals surface area contributed by atoms with Gasteiger partial charge in [-0.2, -0.15) is 4.31 Å². The van der Waals surface area contributed by atoms with Crippen LogP contribution in [0.15, 0.2) is 16.3 Å². The first-order valence-electron chi connectivity index (χ1n) is 7.58. The molecule has 2 rings (SSSR count). The van der Waals surface area contributed by atoms with Crippen molar-refractivity contribution < 1.29 is 22.0 Å². The van der Waals surface area contributed by atoms with Crippen molar-refractivity contribution in [2.24, 2.45) is 11.7 Å². The van der Waals surface area contributed by atoms with Gasteiger partial charge < -0.3 is 11.1 Å². The van der Waals surface area contributed by atoms with Crippen LogP contribution in [0, 0.1) is 12.8 Å². The van der Waals surface area contributed by atoms with Crippen molar-refractivity contribution in [3.63, 3.8) is 0 Å². The lowest BCUT2D eigenvalue weighted by atomic mass is 9.99. The largest absolute Gasteiger partial charge is 0.350 e. The number of nitrogens with zero attached hydrogens (tertiary/aromatic N) is 1. The topological polar surface area (TPSA) is 92.5 Å². The van der Waals surface area contributed by atoms with E-state index in [9.17, 15) is 22.0 Å².